The van der Waals surface area contributed by atoms with Crippen molar-refractivity contribution in [1.29, 1.82) is 0 Å². The molecular formula is C10H7Cl2N7. The lowest BCUT2D eigenvalue weighted by molar-refractivity contribution is 0.881. The third-order valence-electron chi connectivity index (χ3n) is 2.53. The van der Waals surface area contributed by atoms with Gasteiger partial charge in [0.25, 0.3) is 0 Å². The van der Waals surface area contributed by atoms with Crippen LogP contribution in [0, 0.1) is 0 Å². The SMILES string of the molecule is Nc1c(-c2nn[nH]n2)cnn1-c1ccc(Cl)cc1Cl. The summed E-state index contributed by atoms with van der Waals surface area (Å²) in [6.07, 6.45) is 1.55. The van der Waals surface area contributed by atoms with Gasteiger partial charge in [0.2, 0.25) is 5.82 Å². The van der Waals surface area contributed by atoms with E-state index in [-0.39, 0.29) is 0 Å². The van der Waals surface area contributed by atoms with E-state index in [4.69, 9.17) is 28.9 Å². The predicted molar refractivity (Wildman–Crippen MR) is 71.2 cm³/mol. The molecular weight excluding hydrogens is 289 g/mol. The lowest BCUT2D eigenvalue weighted by Crippen LogP contribution is -2.03. The van der Waals surface area contributed by atoms with Crippen LogP contribution in [0.5, 0.6) is 0 Å². The van der Waals surface area contributed by atoms with Crippen molar-refractivity contribution in [3.63, 3.8) is 0 Å². The van der Waals surface area contributed by atoms with Crippen molar-refractivity contribution in [3.8, 4) is 17.1 Å². The summed E-state index contributed by atoms with van der Waals surface area (Å²) >= 11 is 12.0. The Labute approximate surface area is 117 Å². The molecule has 0 aliphatic rings. The molecule has 0 amide bonds. The molecule has 9 heteroatoms. The molecule has 0 spiro atoms. The van der Waals surface area contributed by atoms with Crippen molar-refractivity contribution < 1.29 is 0 Å². The van der Waals surface area contributed by atoms with E-state index in [1.807, 2.05) is 0 Å². The first kappa shape index (κ1) is 11.9. The molecule has 0 fully saturated rings. The predicted octanol–water partition coefficient (Wildman–Crippen LogP) is 1.94. The zero-order valence-electron chi connectivity index (χ0n) is 9.38. The van der Waals surface area contributed by atoms with Gasteiger partial charge in [-0.15, -0.1) is 10.2 Å². The number of nitrogens with one attached hydrogen (secondary N) is 1. The molecule has 7 nitrogen and oxygen atoms in total. The molecule has 3 rings (SSSR count). The Morgan fingerprint density at radius 1 is 1.26 bits per heavy atom. The van der Waals surface area contributed by atoms with Gasteiger partial charge in [0.1, 0.15) is 5.82 Å². The highest BCUT2D eigenvalue weighted by molar-refractivity contribution is 6.35. The first-order chi connectivity index (χ1) is 9.16. The number of anilines is 1. The van der Waals surface area contributed by atoms with Crippen molar-refractivity contribution in [2.45, 2.75) is 0 Å². The lowest BCUT2D eigenvalue weighted by atomic mass is 10.3. The minimum Gasteiger partial charge on any atom is -0.383 e. The second-order valence-corrected chi connectivity index (χ2v) is 4.53. The summed E-state index contributed by atoms with van der Waals surface area (Å²) < 4.78 is 1.49. The normalized spacial score (nSPS) is 10.8. The minimum atomic E-state index is 0.366. The van der Waals surface area contributed by atoms with E-state index in [9.17, 15) is 0 Å². The smallest absolute Gasteiger partial charge is 0.209 e. The maximum absolute atomic E-state index is 6.12. The molecule has 2 aromatic heterocycles. The van der Waals surface area contributed by atoms with Crippen molar-refractivity contribution in [2.75, 3.05) is 5.73 Å². The van der Waals surface area contributed by atoms with Gasteiger partial charge in [-0.25, -0.2) is 4.68 Å². The second kappa shape index (κ2) is 4.52. The molecule has 0 aliphatic carbocycles. The highest BCUT2D eigenvalue weighted by Gasteiger charge is 2.15. The second-order valence-electron chi connectivity index (χ2n) is 3.69. The van der Waals surface area contributed by atoms with Gasteiger partial charge in [0, 0.05) is 5.02 Å². The van der Waals surface area contributed by atoms with E-state index >= 15 is 0 Å². The summed E-state index contributed by atoms with van der Waals surface area (Å²) in [5, 5.41) is 18.7. The summed E-state index contributed by atoms with van der Waals surface area (Å²) in [7, 11) is 0. The number of benzene rings is 1. The Morgan fingerprint density at radius 3 is 2.79 bits per heavy atom. The van der Waals surface area contributed by atoms with Crippen LogP contribution in [0.1, 0.15) is 0 Å². The van der Waals surface area contributed by atoms with Crippen molar-refractivity contribution >= 4 is 29.0 Å². The fourth-order valence-electron chi connectivity index (χ4n) is 1.65. The molecule has 19 heavy (non-hydrogen) atoms. The summed E-state index contributed by atoms with van der Waals surface area (Å²) in [5.41, 5.74) is 7.21. The topological polar surface area (TPSA) is 98.3 Å². The van der Waals surface area contributed by atoms with Gasteiger partial charge < -0.3 is 5.73 Å². The van der Waals surface area contributed by atoms with Crippen LogP contribution in [-0.4, -0.2) is 30.4 Å². The summed E-state index contributed by atoms with van der Waals surface area (Å²) in [5.74, 6) is 0.736. The van der Waals surface area contributed by atoms with Crippen LogP contribution >= 0.6 is 23.2 Å². The first-order valence-electron chi connectivity index (χ1n) is 5.19. The van der Waals surface area contributed by atoms with Crippen molar-refractivity contribution in [2.24, 2.45) is 0 Å². The number of tetrazole rings is 1. The molecule has 0 bridgehead atoms. The van der Waals surface area contributed by atoms with Gasteiger partial charge in [-0.2, -0.15) is 10.3 Å². The van der Waals surface area contributed by atoms with Crippen LogP contribution in [0.3, 0.4) is 0 Å². The van der Waals surface area contributed by atoms with E-state index in [2.05, 4.69) is 25.7 Å². The molecule has 2 heterocycles. The van der Waals surface area contributed by atoms with Gasteiger partial charge in [0.15, 0.2) is 0 Å². The Morgan fingerprint density at radius 2 is 2.11 bits per heavy atom. The Balaban J connectivity index is 2.12. The molecule has 0 atom stereocenters. The fraction of sp³-hybridized carbons (Fsp3) is 0. The number of nitrogens with two attached hydrogens (primary N) is 1. The van der Waals surface area contributed by atoms with Gasteiger partial charge >= 0.3 is 0 Å². The first-order valence-corrected chi connectivity index (χ1v) is 5.95. The number of nitrogen functional groups attached to an aromatic ring is 1. The molecule has 1 aromatic carbocycles. The number of H-pyrrole nitrogens is 1. The maximum atomic E-state index is 6.12. The number of hydrogen-bond acceptors (Lipinski definition) is 5. The van der Waals surface area contributed by atoms with Gasteiger partial charge in [-0.05, 0) is 23.4 Å². The Hall–Kier alpha value is -2.12. The molecule has 3 N–H and O–H groups in total. The van der Waals surface area contributed by atoms with Crippen LogP contribution in [0.2, 0.25) is 10.0 Å². The zero-order valence-corrected chi connectivity index (χ0v) is 10.9. The number of hydrogen-bond donors (Lipinski definition) is 2. The standard InChI is InChI=1S/C10H7Cl2N7/c11-5-1-2-8(7(12)3-5)19-9(13)6(4-14-19)10-15-17-18-16-10/h1-4H,13H2,(H,15,16,17,18). The Kier molecular flexibility index (Phi) is 2.84. The van der Waals surface area contributed by atoms with Crippen LogP contribution in [0.25, 0.3) is 17.1 Å². The van der Waals surface area contributed by atoms with Crippen LogP contribution in [0.15, 0.2) is 24.4 Å². The van der Waals surface area contributed by atoms with E-state index in [0.29, 0.717) is 32.9 Å². The highest BCUT2D eigenvalue weighted by Crippen LogP contribution is 2.29. The number of aromatic amines is 1. The van der Waals surface area contributed by atoms with E-state index in [1.54, 1.807) is 24.4 Å². The highest BCUT2D eigenvalue weighted by atomic mass is 35.5. The molecule has 0 aliphatic heterocycles. The Bertz CT molecular complexity index is 720. The van der Waals surface area contributed by atoms with Crippen LogP contribution in [-0.2, 0) is 0 Å². The number of rotatable bonds is 2. The average Bonchev–Trinajstić information content (AvgIpc) is 2.99. The molecule has 3 aromatic rings. The van der Waals surface area contributed by atoms with E-state index in [1.165, 1.54) is 4.68 Å². The summed E-state index contributed by atoms with van der Waals surface area (Å²) in [4.78, 5) is 0. The molecule has 0 saturated carbocycles. The summed E-state index contributed by atoms with van der Waals surface area (Å²) in [6, 6.07) is 5.06. The third-order valence-corrected chi connectivity index (χ3v) is 3.07. The van der Waals surface area contributed by atoms with Crippen LogP contribution < -0.4 is 5.73 Å². The molecule has 96 valence electrons. The van der Waals surface area contributed by atoms with Crippen molar-refractivity contribution in [1.82, 2.24) is 30.4 Å². The van der Waals surface area contributed by atoms with E-state index < -0.39 is 0 Å². The molecule has 0 saturated heterocycles. The fourth-order valence-corrected chi connectivity index (χ4v) is 2.14. The van der Waals surface area contributed by atoms with Crippen molar-refractivity contribution in [3.05, 3.63) is 34.4 Å². The molecule has 0 unspecified atom stereocenters. The van der Waals surface area contributed by atoms with Gasteiger partial charge in [-0.3, -0.25) is 0 Å². The average molecular weight is 296 g/mol. The quantitative estimate of drug-likeness (QED) is 0.753. The van der Waals surface area contributed by atoms with E-state index in [0.717, 1.165) is 0 Å². The van der Waals surface area contributed by atoms with Gasteiger partial charge in [0.05, 0.1) is 22.5 Å². The number of nitrogens with zero attached hydrogens (tertiary/aromatic N) is 5. The monoisotopic (exact) mass is 295 g/mol. The zero-order chi connectivity index (χ0) is 13.4. The lowest BCUT2D eigenvalue weighted by Gasteiger charge is -2.06. The minimum absolute atomic E-state index is 0.366. The third kappa shape index (κ3) is 2.02. The largest absolute Gasteiger partial charge is 0.383 e. The summed E-state index contributed by atoms with van der Waals surface area (Å²) in [6.45, 7) is 0. The maximum Gasteiger partial charge on any atom is 0.209 e. The van der Waals surface area contributed by atoms with Crippen LogP contribution in [0.4, 0.5) is 5.82 Å². The number of halogens is 2. The van der Waals surface area contributed by atoms with Gasteiger partial charge in [-0.1, -0.05) is 23.2 Å². The molecule has 0 radical (unpaired) electrons. The number of aromatic nitrogens is 6.